The van der Waals surface area contributed by atoms with Gasteiger partial charge in [0.2, 0.25) is 5.91 Å². The molecule has 0 spiro atoms. The van der Waals surface area contributed by atoms with E-state index < -0.39 is 17.5 Å². The van der Waals surface area contributed by atoms with Crippen molar-refractivity contribution >= 4 is 5.91 Å². The van der Waals surface area contributed by atoms with Gasteiger partial charge in [-0.1, -0.05) is 13.8 Å². The quantitative estimate of drug-likeness (QED) is 0.847. The fourth-order valence-corrected chi connectivity index (χ4v) is 1.93. The summed E-state index contributed by atoms with van der Waals surface area (Å²) in [5.41, 5.74) is -0.203. The van der Waals surface area contributed by atoms with Crippen molar-refractivity contribution in [2.24, 2.45) is 5.92 Å². The lowest BCUT2D eigenvalue weighted by atomic mass is 10.0. The highest BCUT2D eigenvalue weighted by Crippen LogP contribution is 2.15. The van der Waals surface area contributed by atoms with Crippen LogP contribution in [0.1, 0.15) is 32.3 Å². The third-order valence-electron chi connectivity index (χ3n) is 3.14. The number of amides is 1. The molecule has 0 aliphatic carbocycles. The lowest BCUT2D eigenvalue weighted by Crippen LogP contribution is -2.32. The molecule has 0 saturated heterocycles. The number of nitrogens with one attached hydrogen (secondary N) is 1. The van der Waals surface area contributed by atoms with Crippen LogP contribution in [0.25, 0.3) is 0 Å². The Labute approximate surface area is 111 Å². The monoisotopic (exact) mass is 273 g/mol. The van der Waals surface area contributed by atoms with Crippen molar-refractivity contribution in [3.63, 3.8) is 0 Å². The van der Waals surface area contributed by atoms with Crippen LogP contribution in [0.5, 0.6) is 0 Å². The molecule has 0 aromatic heterocycles. The van der Waals surface area contributed by atoms with E-state index in [0.717, 1.165) is 12.8 Å². The number of carbonyl (C=O) groups excluding carboxylic acids is 1. The molecule has 0 atom stereocenters. The van der Waals surface area contributed by atoms with Gasteiger partial charge in [-0.05, 0) is 19.3 Å². The summed E-state index contributed by atoms with van der Waals surface area (Å²) in [4.78, 5) is 11.7. The fraction of sp³-hybridized carbons (Fsp3) is 0.500. The van der Waals surface area contributed by atoms with Gasteiger partial charge in [0.1, 0.15) is 17.5 Å². The maximum atomic E-state index is 13.3. The van der Waals surface area contributed by atoms with Crippen molar-refractivity contribution in [2.45, 2.75) is 33.1 Å². The smallest absolute Gasteiger partial charge is 0.223 e. The number of rotatable bonds is 6. The second kappa shape index (κ2) is 7.16. The van der Waals surface area contributed by atoms with Gasteiger partial charge in [-0.2, -0.15) is 0 Å². The molecule has 0 radical (unpaired) electrons. The predicted molar refractivity (Wildman–Crippen MR) is 67.1 cm³/mol. The number of benzene rings is 1. The van der Waals surface area contributed by atoms with Gasteiger partial charge in [0.15, 0.2) is 0 Å². The van der Waals surface area contributed by atoms with E-state index in [9.17, 15) is 18.0 Å². The van der Waals surface area contributed by atoms with Crippen molar-refractivity contribution < 1.29 is 18.0 Å². The van der Waals surface area contributed by atoms with Crippen molar-refractivity contribution in [3.8, 4) is 0 Å². The summed E-state index contributed by atoms with van der Waals surface area (Å²) in [7, 11) is 0. The minimum atomic E-state index is -0.945. The summed E-state index contributed by atoms with van der Waals surface area (Å²) < 4.78 is 39.4. The molecule has 1 amide bonds. The molecule has 2 nitrogen and oxygen atoms in total. The van der Waals surface area contributed by atoms with Crippen LogP contribution in [0.2, 0.25) is 0 Å². The summed E-state index contributed by atoms with van der Waals surface area (Å²) in [6, 6.07) is 1.28. The van der Waals surface area contributed by atoms with E-state index in [1.165, 1.54) is 0 Å². The highest BCUT2D eigenvalue weighted by Gasteiger charge is 2.15. The van der Waals surface area contributed by atoms with Crippen LogP contribution in [0.15, 0.2) is 12.1 Å². The Morgan fingerprint density at radius 3 is 2.16 bits per heavy atom. The molecule has 0 bridgehead atoms. The summed E-state index contributed by atoms with van der Waals surface area (Å²) >= 11 is 0. The van der Waals surface area contributed by atoms with Crippen molar-refractivity contribution in [3.05, 3.63) is 35.1 Å². The zero-order valence-electron chi connectivity index (χ0n) is 11.1. The molecular weight excluding hydrogens is 255 g/mol. The van der Waals surface area contributed by atoms with Crippen LogP contribution < -0.4 is 5.32 Å². The second-order valence-corrected chi connectivity index (χ2v) is 4.40. The lowest BCUT2D eigenvalue weighted by Gasteiger charge is -2.13. The minimum absolute atomic E-state index is 0.00380. The standard InChI is InChI=1S/C14H18F3NO/c1-3-9(4-2)14(19)18-6-5-11-12(16)7-10(15)8-13(11)17/h7-9H,3-6H2,1-2H3,(H,18,19). The van der Waals surface area contributed by atoms with Gasteiger partial charge in [-0.25, -0.2) is 13.2 Å². The minimum Gasteiger partial charge on any atom is -0.356 e. The molecule has 19 heavy (non-hydrogen) atoms. The Morgan fingerprint density at radius 1 is 1.16 bits per heavy atom. The molecule has 0 fully saturated rings. The SMILES string of the molecule is CCC(CC)C(=O)NCCc1c(F)cc(F)cc1F. The van der Waals surface area contributed by atoms with E-state index in [2.05, 4.69) is 5.32 Å². The predicted octanol–water partition coefficient (Wildman–Crippen LogP) is 3.20. The third kappa shape index (κ3) is 4.26. The molecule has 106 valence electrons. The second-order valence-electron chi connectivity index (χ2n) is 4.40. The topological polar surface area (TPSA) is 29.1 Å². The van der Waals surface area contributed by atoms with Crippen LogP contribution >= 0.6 is 0 Å². The van der Waals surface area contributed by atoms with Crippen LogP contribution in [-0.4, -0.2) is 12.5 Å². The van der Waals surface area contributed by atoms with Gasteiger partial charge < -0.3 is 5.32 Å². The molecule has 0 unspecified atom stereocenters. The Hall–Kier alpha value is -1.52. The molecule has 5 heteroatoms. The largest absolute Gasteiger partial charge is 0.356 e. The number of hydrogen-bond acceptors (Lipinski definition) is 1. The molecule has 0 heterocycles. The molecule has 0 aliphatic rings. The highest BCUT2D eigenvalue weighted by atomic mass is 19.1. The zero-order valence-corrected chi connectivity index (χ0v) is 11.1. The Bertz CT molecular complexity index is 421. The molecule has 1 N–H and O–H groups in total. The van der Waals surface area contributed by atoms with Crippen molar-refractivity contribution in [1.29, 1.82) is 0 Å². The van der Waals surface area contributed by atoms with E-state index in [0.29, 0.717) is 12.1 Å². The summed E-state index contributed by atoms with van der Waals surface area (Å²) in [6.07, 6.45) is 1.45. The van der Waals surface area contributed by atoms with Crippen molar-refractivity contribution in [1.82, 2.24) is 5.32 Å². The normalized spacial score (nSPS) is 10.8. The van der Waals surface area contributed by atoms with Crippen molar-refractivity contribution in [2.75, 3.05) is 6.54 Å². The molecule has 1 aromatic carbocycles. The first-order valence-electron chi connectivity index (χ1n) is 6.40. The first-order valence-corrected chi connectivity index (χ1v) is 6.40. The van der Waals surface area contributed by atoms with Gasteiger partial charge in [0.25, 0.3) is 0 Å². The van der Waals surface area contributed by atoms with E-state index in [1.807, 2.05) is 13.8 Å². The number of hydrogen-bond donors (Lipinski definition) is 1. The first kappa shape index (κ1) is 15.5. The maximum Gasteiger partial charge on any atom is 0.223 e. The molecular formula is C14H18F3NO. The summed E-state index contributed by atoms with van der Waals surface area (Å²) in [5, 5.41) is 2.64. The zero-order chi connectivity index (χ0) is 14.4. The fourth-order valence-electron chi connectivity index (χ4n) is 1.93. The van der Waals surface area contributed by atoms with Gasteiger partial charge >= 0.3 is 0 Å². The van der Waals surface area contributed by atoms with Gasteiger partial charge in [-0.15, -0.1) is 0 Å². The van der Waals surface area contributed by atoms with E-state index in [-0.39, 0.29) is 30.4 Å². The van der Waals surface area contributed by atoms with Crippen LogP contribution in [-0.2, 0) is 11.2 Å². The summed E-state index contributed by atoms with van der Waals surface area (Å²) in [5.74, 6) is -2.99. The molecule has 0 aliphatic heterocycles. The van der Waals surface area contributed by atoms with Gasteiger partial charge in [-0.3, -0.25) is 4.79 Å². The van der Waals surface area contributed by atoms with Crippen LogP contribution in [0.4, 0.5) is 13.2 Å². The maximum absolute atomic E-state index is 13.3. The molecule has 1 aromatic rings. The summed E-state index contributed by atoms with van der Waals surface area (Å²) in [6.45, 7) is 3.95. The average Bonchev–Trinajstić information content (AvgIpc) is 2.34. The molecule has 1 rings (SSSR count). The van der Waals surface area contributed by atoms with Crippen LogP contribution in [0, 0.1) is 23.4 Å². The van der Waals surface area contributed by atoms with E-state index in [4.69, 9.17) is 0 Å². The van der Waals surface area contributed by atoms with Gasteiger partial charge in [0, 0.05) is 30.2 Å². The number of carbonyl (C=O) groups is 1. The Balaban J connectivity index is 2.57. The van der Waals surface area contributed by atoms with Gasteiger partial charge in [0.05, 0.1) is 0 Å². The lowest BCUT2D eigenvalue weighted by molar-refractivity contribution is -0.125. The average molecular weight is 273 g/mol. The molecule has 0 saturated carbocycles. The number of halogens is 3. The third-order valence-corrected chi connectivity index (χ3v) is 3.14. The van der Waals surface area contributed by atoms with Crippen LogP contribution in [0.3, 0.4) is 0 Å². The van der Waals surface area contributed by atoms with E-state index in [1.54, 1.807) is 0 Å². The van der Waals surface area contributed by atoms with E-state index >= 15 is 0 Å². The Morgan fingerprint density at radius 2 is 1.68 bits per heavy atom. The Kier molecular flexibility index (Phi) is 5.86. The first-order chi connectivity index (χ1) is 8.99. The highest BCUT2D eigenvalue weighted by molar-refractivity contribution is 5.78.